The lowest BCUT2D eigenvalue weighted by Gasteiger charge is -1.87. The van der Waals surface area contributed by atoms with Gasteiger partial charge in [0.2, 0.25) is 0 Å². The topological polar surface area (TPSA) is 0 Å². The molecule has 0 aliphatic carbocycles. The van der Waals surface area contributed by atoms with Gasteiger partial charge in [-0.15, -0.1) is 17.5 Å². The maximum atomic E-state index is 5.22. The van der Waals surface area contributed by atoms with Crippen LogP contribution in [0, 0.1) is 17.7 Å². The van der Waals surface area contributed by atoms with Crippen molar-refractivity contribution < 1.29 is 0 Å². The van der Waals surface area contributed by atoms with Crippen LogP contribution in [-0.2, 0) is 0 Å². The third kappa shape index (κ3) is 7.85. The van der Waals surface area contributed by atoms with Crippen molar-refractivity contribution in [3.63, 3.8) is 0 Å². The molecular formula is C8H12Cl. The summed E-state index contributed by atoms with van der Waals surface area (Å²) in [4.78, 5) is 0. The van der Waals surface area contributed by atoms with Gasteiger partial charge in [0.1, 0.15) is 5.88 Å². The molecule has 0 fully saturated rings. The second-order valence-corrected chi connectivity index (χ2v) is 2.11. The maximum Gasteiger partial charge on any atom is 0.122 e. The van der Waals surface area contributed by atoms with E-state index in [0.29, 0.717) is 0 Å². The molecule has 0 spiro atoms. The second-order valence-electron chi connectivity index (χ2n) is 1.89. The summed E-state index contributed by atoms with van der Waals surface area (Å²) in [7, 11) is 0. The van der Waals surface area contributed by atoms with E-state index < -0.39 is 0 Å². The Balaban J connectivity index is 2.90. The zero-order chi connectivity index (χ0) is 6.95. The van der Waals surface area contributed by atoms with Crippen molar-refractivity contribution >= 4 is 11.6 Å². The fraction of sp³-hybridized carbons (Fsp3) is 0.625. The molecule has 0 aromatic carbocycles. The highest BCUT2D eigenvalue weighted by Crippen LogP contribution is 1.96. The van der Waals surface area contributed by atoms with Crippen LogP contribution in [-0.4, -0.2) is 0 Å². The van der Waals surface area contributed by atoms with Crippen molar-refractivity contribution in [2.24, 2.45) is 0 Å². The summed E-state index contributed by atoms with van der Waals surface area (Å²) in [6.45, 7) is 2.18. The summed E-state index contributed by atoms with van der Waals surface area (Å²) < 4.78 is 0. The third-order valence-electron chi connectivity index (χ3n) is 1.06. The Bertz CT molecular complexity index is 96.9. The average Bonchev–Trinajstić information content (AvgIpc) is 1.89. The lowest BCUT2D eigenvalue weighted by Crippen LogP contribution is -1.70. The Morgan fingerprint density at radius 1 is 1.44 bits per heavy atom. The van der Waals surface area contributed by atoms with Gasteiger partial charge in [-0.2, -0.15) is 0 Å². The zero-order valence-corrected chi connectivity index (χ0v) is 6.54. The molecule has 0 aromatic rings. The lowest BCUT2D eigenvalue weighted by molar-refractivity contribution is 0.737. The van der Waals surface area contributed by atoms with E-state index in [2.05, 4.69) is 18.8 Å². The van der Waals surface area contributed by atoms with Crippen molar-refractivity contribution in [1.29, 1.82) is 0 Å². The molecule has 51 valence electrons. The summed E-state index contributed by atoms with van der Waals surface area (Å²) in [5.41, 5.74) is 0. The molecule has 0 heterocycles. The van der Waals surface area contributed by atoms with Crippen LogP contribution in [0.2, 0.25) is 0 Å². The first-order valence-electron chi connectivity index (χ1n) is 3.32. The average molecular weight is 144 g/mol. The van der Waals surface area contributed by atoms with Crippen LogP contribution >= 0.6 is 11.6 Å². The number of rotatable bonds is 3. The van der Waals surface area contributed by atoms with Gasteiger partial charge in [0, 0.05) is 6.42 Å². The van der Waals surface area contributed by atoms with Crippen LogP contribution in [0.3, 0.4) is 0 Å². The molecule has 0 atom stereocenters. The smallest absolute Gasteiger partial charge is 0.106 e. The molecule has 1 heteroatoms. The summed E-state index contributed by atoms with van der Waals surface area (Å²) in [6, 6.07) is 0. The summed E-state index contributed by atoms with van der Waals surface area (Å²) in [5.74, 6) is 7.00. The highest BCUT2D eigenvalue weighted by molar-refractivity contribution is 6.25. The number of hydrogen-bond donors (Lipinski definition) is 0. The molecule has 0 saturated carbocycles. The predicted octanol–water partition coefficient (Wildman–Crippen LogP) is 2.97. The van der Waals surface area contributed by atoms with E-state index in [4.69, 9.17) is 11.6 Å². The molecule has 0 saturated heterocycles. The highest BCUT2D eigenvalue weighted by atomic mass is 35.5. The van der Waals surface area contributed by atoms with E-state index in [1.54, 1.807) is 0 Å². The van der Waals surface area contributed by atoms with E-state index in [0.717, 1.165) is 6.42 Å². The van der Waals surface area contributed by atoms with Gasteiger partial charge in [0.15, 0.2) is 0 Å². The summed E-state index contributed by atoms with van der Waals surface area (Å²) in [6.07, 6.45) is 4.72. The van der Waals surface area contributed by atoms with Gasteiger partial charge in [-0.25, -0.2) is 0 Å². The van der Waals surface area contributed by atoms with E-state index in [1.165, 1.54) is 25.1 Å². The predicted molar refractivity (Wildman–Crippen MR) is 42.1 cm³/mol. The number of halogens is 1. The van der Waals surface area contributed by atoms with Crippen molar-refractivity contribution in [2.75, 3.05) is 0 Å². The molecule has 0 aliphatic heterocycles. The monoisotopic (exact) mass is 143 g/mol. The fourth-order valence-corrected chi connectivity index (χ4v) is 0.651. The van der Waals surface area contributed by atoms with Gasteiger partial charge < -0.3 is 0 Å². The zero-order valence-electron chi connectivity index (χ0n) is 5.78. The number of unbranched alkanes of at least 4 members (excludes halogenated alkanes) is 3. The Morgan fingerprint density at radius 3 is 2.78 bits per heavy atom. The standard InChI is InChI=1S/C8H12Cl/c1-2-3-4-5-6-7-8-9/h8H,2-5H2,1H3. The van der Waals surface area contributed by atoms with Crippen LogP contribution in [0.1, 0.15) is 32.6 Å². The van der Waals surface area contributed by atoms with Crippen LogP contribution in [0.25, 0.3) is 0 Å². The first-order valence-corrected chi connectivity index (χ1v) is 3.75. The molecule has 0 rings (SSSR count). The Morgan fingerprint density at radius 2 is 2.22 bits per heavy atom. The molecule has 0 unspecified atom stereocenters. The third-order valence-corrected chi connectivity index (χ3v) is 1.17. The first-order chi connectivity index (χ1) is 4.41. The molecule has 0 amide bonds. The van der Waals surface area contributed by atoms with Gasteiger partial charge in [-0.3, -0.25) is 0 Å². The van der Waals surface area contributed by atoms with Crippen LogP contribution in [0.5, 0.6) is 0 Å². The van der Waals surface area contributed by atoms with Crippen molar-refractivity contribution in [3.05, 3.63) is 5.88 Å². The Hall–Kier alpha value is -0.150. The van der Waals surface area contributed by atoms with Crippen LogP contribution < -0.4 is 0 Å². The Kier molecular flexibility index (Phi) is 7.72. The molecular weight excluding hydrogens is 132 g/mol. The minimum atomic E-state index is 0.983. The van der Waals surface area contributed by atoms with Crippen molar-refractivity contribution in [3.8, 4) is 11.8 Å². The molecule has 0 nitrogen and oxygen atoms in total. The molecule has 0 N–H and O–H groups in total. The van der Waals surface area contributed by atoms with E-state index in [1.807, 2.05) is 0 Å². The second kappa shape index (κ2) is 7.85. The largest absolute Gasteiger partial charge is 0.122 e. The van der Waals surface area contributed by atoms with Gasteiger partial charge in [-0.05, 0) is 6.42 Å². The highest BCUT2D eigenvalue weighted by Gasteiger charge is 1.79. The van der Waals surface area contributed by atoms with Crippen LogP contribution in [0.4, 0.5) is 0 Å². The molecule has 1 radical (unpaired) electrons. The Labute approximate surface area is 62.6 Å². The molecule has 0 aliphatic rings. The van der Waals surface area contributed by atoms with Crippen LogP contribution in [0.15, 0.2) is 0 Å². The fourth-order valence-electron chi connectivity index (χ4n) is 0.574. The first kappa shape index (κ1) is 8.85. The minimum absolute atomic E-state index is 0.983. The summed E-state index contributed by atoms with van der Waals surface area (Å²) in [5, 5.41) is 0. The molecule has 0 aromatic heterocycles. The van der Waals surface area contributed by atoms with E-state index in [-0.39, 0.29) is 0 Å². The maximum absolute atomic E-state index is 5.22. The van der Waals surface area contributed by atoms with Gasteiger partial charge in [0.05, 0.1) is 0 Å². The minimum Gasteiger partial charge on any atom is -0.106 e. The normalized spacial score (nSPS) is 8.22. The summed E-state index contributed by atoms with van der Waals surface area (Å²) >= 11 is 5.22. The molecule has 0 bridgehead atoms. The van der Waals surface area contributed by atoms with E-state index >= 15 is 0 Å². The van der Waals surface area contributed by atoms with Crippen molar-refractivity contribution in [1.82, 2.24) is 0 Å². The SMILES string of the molecule is CCCCCC#C[CH]Cl. The van der Waals surface area contributed by atoms with Gasteiger partial charge >= 0.3 is 0 Å². The lowest BCUT2D eigenvalue weighted by atomic mass is 10.2. The van der Waals surface area contributed by atoms with Gasteiger partial charge in [-0.1, -0.05) is 25.7 Å². The quantitative estimate of drug-likeness (QED) is 0.421. The van der Waals surface area contributed by atoms with Gasteiger partial charge in [0.25, 0.3) is 0 Å². The van der Waals surface area contributed by atoms with Crippen molar-refractivity contribution in [2.45, 2.75) is 32.6 Å². The molecule has 9 heavy (non-hydrogen) atoms. The van der Waals surface area contributed by atoms with E-state index in [9.17, 15) is 0 Å². The number of hydrogen-bond acceptors (Lipinski definition) is 0.